The smallest absolute Gasteiger partial charge is 0.257 e. The van der Waals surface area contributed by atoms with Crippen LogP contribution in [0.3, 0.4) is 0 Å². The average molecular weight is 459 g/mol. The molecule has 34 heavy (non-hydrogen) atoms. The molecule has 1 aromatic heterocycles. The minimum Gasteiger partial charge on any atom is -0.493 e. The molecule has 1 aliphatic rings. The molecule has 3 aromatic rings. The van der Waals surface area contributed by atoms with Crippen LogP contribution in [0.1, 0.15) is 41.3 Å². The number of methoxy groups -OCH3 is 2. The van der Waals surface area contributed by atoms with Gasteiger partial charge in [-0.05, 0) is 60.9 Å². The third kappa shape index (κ3) is 5.36. The zero-order valence-electron chi connectivity index (χ0n) is 19.8. The van der Waals surface area contributed by atoms with Crippen molar-refractivity contribution in [1.29, 1.82) is 0 Å². The maximum Gasteiger partial charge on any atom is 0.257 e. The molecule has 1 amide bonds. The molecule has 0 spiro atoms. The number of hydrogen-bond acceptors (Lipinski definition) is 6. The van der Waals surface area contributed by atoms with Crippen molar-refractivity contribution in [3.8, 4) is 11.5 Å². The maximum absolute atomic E-state index is 12.5. The SMILES string of the molecule is CCC1CCN(Cc2cccc(NC(=O)c3cccnc3)c2)N=C1c1ccc(OC)c(OC)c1. The number of aromatic nitrogens is 1. The van der Waals surface area contributed by atoms with Crippen molar-refractivity contribution in [3.63, 3.8) is 0 Å². The van der Waals surface area contributed by atoms with Crippen LogP contribution >= 0.6 is 0 Å². The number of nitrogens with one attached hydrogen (secondary N) is 1. The van der Waals surface area contributed by atoms with E-state index in [1.54, 1.807) is 38.7 Å². The van der Waals surface area contributed by atoms with Crippen molar-refractivity contribution < 1.29 is 14.3 Å². The second kappa shape index (κ2) is 10.8. The highest BCUT2D eigenvalue weighted by molar-refractivity contribution is 6.04. The molecule has 0 saturated carbocycles. The van der Waals surface area contributed by atoms with Crippen LogP contribution < -0.4 is 14.8 Å². The number of carbonyl (C=O) groups is 1. The Balaban J connectivity index is 1.52. The van der Waals surface area contributed by atoms with Gasteiger partial charge in [0.2, 0.25) is 0 Å². The summed E-state index contributed by atoms with van der Waals surface area (Å²) in [5, 5.41) is 10.1. The first-order valence-corrected chi connectivity index (χ1v) is 11.5. The molecule has 1 N–H and O–H groups in total. The summed E-state index contributed by atoms with van der Waals surface area (Å²) in [6, 6.07) is 17.3. The van der Waals surface area contributed by atoms with E-state index in [2.05, 4.69) is 28.3 Å². The topological polar surface area (TPSA) is 76.1 Å². The third-order valence-electron chi connectivity index (χ3n) is 6.02. The Morgan fingerprint density at radius 1 is 1.09 bits per heavy atom. The molecule has 0 bridgehead atoms. The second-order valence-electron chi connectivity index (χ2n) is 8.23. The van der Waals surface area contributed by atoms with Gasteiger partial charge in [0.1, 0.15) is 0 Å². The summed E-state index contributed by atoms with van der Waals surface area (Å²) < 4.78 is 10.9. The fourth-order valence-electron chi connectivity index (χ4n) is 4.18. The predicted octanol–water partition coefficient (Wildman–Crippen LogP) is 4.99. The molecular formula is C27H30N4O3. The van der Waals surface area contributed by atoms with Crippen molar-refractivity contribution in [2.24, 2.45) is 11.0 Å². The van der Waals surface area contributed by atoms with E-state index < -0.39 is 0 Å². The lowest BCUT2D eigenvalue weighted by Gasteiger charge is -2.31. The molecule has 176 valence electrons. The highest BCUT2D eigenvalue weighted by atomic mass is 16.5. The van der Waals surface area contributed by atoms with Gasteiger partial charge in [-0.25, -0.2) is 0 Å². The van der Waals surface area contributed by atoms with Crippen molar-refractivity contribution in [3.05, 3.63) is 83.7 Å². The van der Waals surface area contributed by atoms with Crippen molar-refractivity contribution in [2.45, 2.75) is 26.3 Å². The predicted molar refractivity (Wildman–Crippen MR) is 134 cm³/mol. The molecule has 1 unspecified atom stereocenters. The van der Waals surface area contributed by atoms with Crippen LogP contribution in [0.15, 0.2) is 72.1 Å². The van der Waals surface area contributed by atoms with E-state index in [9.17, 15) is 4.79 Å². The summed E-state index contributed by atoms with van der Waals surface area (Å²) >= 11 is 0. The molecule has 7 nitrogen and oxygen atoms in total. The first-order chi connectivity index (χ1) is 16.6. The van der Waals surface area contributed by atoms with Gasteiger partial charge < -0.3 is 14.8 Å². The van der Waals surface area contributed by atoms with Crippen LogP contribution in [0.25, 0.3) is 0 Å². The molecule has 1 aliphatic heterocycles. The normalized spacial score (nSPS) is 15.4. The van der Waals surface area contributed by atoms with Crippen LogP contribution in [0.2, 0.25) is 0 Å². The minimum atomic E-state index is -0.178. The maximum atomic E-state index is 12.5. The van der Waals surface area contributed by atoms with Crippen molar-refractivity contribution in [2.75, 3.05) is 26.1 Å². The number of hydrazone groups is 1. The molecule has 2 aromatic carbocycles. The van der Waals surface area contributed by atoms with E-state index in [0.717, 1.165) is 41.9 Å². The molecule has 0 aliphatic carbocycles. The number of ether oxygens (including phenoxy) is 2. The standard InChI is InChI=1S/C27H30N4O3/c1-4-20-12-14-31(30-26(20)21-10-11-24(33-2)25(16-21)34-3)18-19-7-5-9-23(15-19)29-27(32)22-8-6-13-28-17-22/h5-11,13,15-17,20H,4,12,14,18H2,1-3H3,(H,29,32). The van der Waals surface area contributed by atoms with Gasteiger partial charge in [-0.15, -0.1) is 0 Å². The van der Waals surface area contributed by atoms with Gasteiger partial charge >= 0.3 is 0 Å². The van der Waals surface area contributed by atoms with E-state index in [1.165, 1.54) is 0 Å². The van der Waals surface area contributed by atoms with Crippen LogP contribution in [0.5, 0.6) is 11.5 Å². The zero-order valence-corrected chi connectivity index (χ0v) is 19.8. The van der Waals surface area contributed by atoms with Gasteiger partial charge in [0.05, 0.1) is 32.0 Å². The van der Waals surface area contributed by atoms with Gasteiger partial charge in [0, 0.05) is 36.1 Å². The number of amides is 1. The number of pyridine rings is 1. The van der Waals surface area contributed by atoms with Crippen molar-refractivity contribution >= 4 is 17.3 Å². The fourth-order valence-corrected chi connectivity index (χ4v) is 4.18. The fraction of sp³-hybridized carbons (Fsp3) is 0.296. The lowest BCUT2D eigenvalue weighted by Crippen LogP contribution is -2.32. The quantitative estimate of drug-likeness (QED) is 0.515. The third-order valence-corrected chi connectivity index (χ3v) is 6.02. The van der Waals surface area contributed by atoms with Gasteiger partial charge in [-0.1, -0.05) is 19.1 Å². The number of anilines is 1. The monoisotopic (exact) mass is 458 g/mol. The summed E-state index contributed by atoms with van der Waals surface area (Å²) in [6.07, 6.45) is 5.26. The lowest BCUT2D eigenvalue weighted by molar-refractivity contribution is 0.102. The van der Waals surface area contributed by atoms with Crippen LogP contribution in [0.4, 0.5) is 5.69 Å². The molecular weight excluding hydrogens is 428 g/mol. The van der Waals surface area contributed by atoms with Crippen LogP contribution in [0, 0.1) is 5.92 Å². The Kier molecular flexibility index (Phi) is 7.42. The first-order valence-electron chi connectivity index (χ1n) is 11.5. The van der Waals surface area contributed by atoms with Crippen molar-refractivity contribution in [1.82, 2.24) is 9.99 Å². The second-order valence-corrected chi connectivity index (χ2v) is 8.23. The Morgan fingerprint density at radius 2 is 1.94 bits per heavy atom. The Bertz CT molecular complexity index is 1160. The Morgan fingerprint density at radius 3 is 2.68 bits per heavy atom. The van der Waals surface area contributed by atoms with E-state index in [0.29, 0.717) is 29.5 Å². The van der Waals surface area contributed by atoms with Crippen LogP contribution in [-0.4, -0.2) is 42.4 Å². The largest absolute Gasteiger partial charge is 0.493 e. The lowest BCUT2D eigenvalue weighted by atomic mass is 9.90. The highest BCUT2D eigenvalue weighted by Gasteiger charge is 2.24. The van der Waals surface area contributed by atoms with E-state index >= 15 is 0 Å². The molecule has 0 saturated heterocycles. The molecule has 0 radical (unpaired) electrons. The minimum absolute atomic E-state index is 0.178. The summed E-state index contributed by atoms with van der Waals surface area (Å²) in [6.45, 7) is 3.73. The molecule has 1 atom stereocenters. The van der Waals surface area contributed by atoms with E-state index in [-0.39, 0.29) is 5.91 Å². The average Bonchev–Trinajstić information content (AvgIpc) is 2.89. The van der Waals surface area contributed by atoms with Gasteiger partial charge in [-0.2, -0.15) is 5.10 Å². The van der Waals surface area contributed by atoms with Gasteiger partial charge in [-0.3, -0.25) is 14.8 Å². The number of carbonyl (C=O) groups excluding carboxylic acids is 1. The van der Waals surface area contributed by atoms with Gasteiger partial charge in [0.15, 0.2) is 11.5 Å². The van der Waals surface area contributed by atoms with Crippen LogP contribution in [-0.2, 0) is 6.54 Å². The van der Waals surface area contributed by atoms with E-state index in [4.69, 9.17) is 14.6 Å². The molecule has 0 fully saturated rings. The highest BCUT2D eigenvalue weighted by Crippen LogP contribution is 2.31. The first kappa shape index (κ1) is 23.3. The number of benzene rings is 2. The number of nitrogens with zero attached hydrogens (tertiary/aromatic N) is 3. The van der Waals surface area contributed by atoms with E-state index in [1.807, 2.05) is 36.4 Å². The molecule has 4 rings (SSSR count). The Hall–Kier alpha value is -3.87. The number of rotatable bonds is 8. The summed E-state index contributed by atoms with van der Waals surface area (Å²) in [5.74, 6) is 1.62. The molecule has 7 heteroatoms. The Labute approximate surface area is 200 Å². The summed E-state index contributed by atoms with van der Waals surface area (Å²) in [7, 11) is 3.29. The number of hydrogen-bond donors (Lipinski definition) is 1. The molecule has 2 heterocycles. The summed E-state index contributed by atoms with van der Waals surface area (Å²) in [5.41, 5.74) is 4.47. The summed E-state index contributed by atoms with van der Waals surface area (Å²) in [4.78, 5) is 16.5. The van der Waals surface area contributed by atoms with Gasteiger partial charge in [0.25, 0.3) is 5.91 Å². The zero-order chi connectivity index (χ0) is 23.9.